The van der Waals surface area contributed by atoms with Gasteiger partial charge in [0.1, 0.15) is 13.0 Å². The minimum absolute atomic E-state index is 0.0541. The topological polar surface area (TPSA) is 87.4 Å². The second kappa shape index (κ2) is 11.0. The summed E-state index contributed by atoms with van der Waals surface area (Å²) >= 11 is 0. The number of amides is 1. The smallest absolute Gasteiger partial charge is 0.248 e. The van der Waals surface area contributed by atoms with E-state index in [0.717, 1.165) is 12.1 Å². The third-order valence-electron chi connectivity index (χ3n) is 4.42. The Hall–Kier alpha value is -2.68. The number of pyridine rings is 1. The Kier molecular flexibility index (Phi) is 8.34. The van der Waals surface area contributed by atoms with Gasteiger partial charge in [0.05, 0.1) is 6.07 Å². The second-order valence-electron chi connectivity index (χ2n) is 6.53. The number of ether oxygens (including phenoxy) is 1. The van der Waals surface area contributed by atoms with Crippen LogP contribution in [-0.2, 0) is 16.1 Å². The van der Waals surface area contributed by atoms with Gasteiger partial charge in [-0.2, -0.15) is 5.26 Å². The van der Waals surface area contributed by atoms with Crippen LogP contribution in [-0.4, -0.2) is 23.3 Å². The summed E-state index contributed by atoms with van der Waals surface area (Å²) in [7, 11) is 0. The van der Waals surface area contributed by atoms with E-state index in [4.69, 9.17) is 10.00 Å². The number of aromatic nitrogens is 1. The molecule has 1 heterocycles. The Morgan fingerprint density at radius 1 is 1.38 bits per heavy atom. The zero-order valence-corrected chi connectivity index (χ0v) is 15.3. The van der Waals surface area contributed by atoms with E-state index in [1.54, 1.807) is 19.3 Å². The van der Waals surface area contributed by atoms with E-state index in [1.165, 1.54) is 38.3 Å². The van der Waals surface area contributed by atoms with Gasteiger partial charge >= 0.3 is 0 Å². The van der Waals surface area contributed by atoms with Crippen molar-refractivity contribution in [3.8, 4) is 6.07 Å². The molecular weight excluding hydrogens is 328 g/mol. The van der Waals surface area contributed by atoms with Crippen LogP contribution in [0, 0.1) is 17.2 Å². The van der Waals surface area contributed by atoms with E-state index in [9.17, 15) is 4.79 Å². The van der Waals surface area contributed by atoms with Crippen molar-refractivity contribution in [1.82, 2.24) is 10.3 Å². The van der Waals surface area contributed by atoms with Crippen molar-refractivity contribution >= 4 is 11.8 Å². The Morgan fingerprint density at radius 3 is 2.81 bits per heavy atom. The summed E-state index contributed by atoms with van der Waals surface area (Å²) in [5.41, 5.74) is 1.44. The van der Waals surface area contributed by atoms with Crippen molar-refractivity contribution in [3.63, 3.8) is 0 Å². The molecule has 1 saturated carbocycles. The lowest BCUT2D eigenvalue weighted by Gasteiger charge is -2.21. The van der Waals surface area contributed by atoms with Crippen LogP contribution in [0.1, 0.15) is 51.0 Å². The monoisotopic (exact) mass is 354 g/mol. The molecule has 138 valence electrons. The van der Waals surface area contributed by atoms with Gasteiger partial charge in [-0.15, -0.1) is 0 Å². The van der Waals surface area contributed by atoms with Crippen molar-refractivity contribution in [2.75, 3.05) is 6.54 Å². The highest BCUT2D eigenvalue weighted by Crippen LogP contribution is 2.22. The predicted octanol–water partition coefficient (Wildman–Crippen LogP) is 3.51. The fourth-order valence-corrected chi connectivity index (χ4v) is 2.84. The van der Waals surface area contributed by atoms with Crippen LogP contribution in [0.5, 0.6) is 0 Å². The van der Waals surface area contributed by atoms with E-state index in [1.807, 2.05) is 18.2 Å². The first kappa shape index (κ1) is 19.6. The highest BCUT2D eigenvalue weighted by atomic mass is 16.5. The normalized spacial score (nSPS) is 16.0. The van der Waals surface area contributed by atoms with Gasteiger partial charge in [0.15, 0.2) is 0 Å². The molecule has 0 atom stereocenters. The zero-order chi connectivity index (χ0) is 18.6. The van der Waals surface area contributed by atoms with Crippen molar-refractivity contribution in [2.45, 2.75) is 52.1 Å². The molecule has 1 aliphatic rings. The standard InChI is InChI=1S/C20H26N4O2/c1-16(20(25)24-14-17-5-3-2-4-6-17)13-23-19(7-10-21)26-15-18-8-11-22-12-9-18/h8-9,11-13,17H,2-7,14-15H2,1H3,(H,24,25)/b16-13+,23-19?. The number of nitriles is 1. The first-order valence-electron chi connectivity index (χ1n) is 9.09. The number of nitrogens with one attached hydrogen (secondary N) is 1. The first-order chi connectivity index (χ1) is 12.7. The van der Waals surface area contributed by atoms with Gasteiger partial charge in [-0.3, -0.25) is 9.78 Å². The van der Waals surface area contributed by atoms with E-state index in [-0.39, 0.29) is 12.3 Å². The maximum Gasteiger partial charge on any atom is 0.248 e. The molecule has 1 fully saturated rings. The summed E-state index contributed by atoms with van der Waals surface area (Å²) in [6.07, 6.45) is 11.1. The van der Waals surface area contributed by atoms with Gasteiger partial charge < -0.3 is 10.1 Å². The molecule has 6 nitrogen and oxygen atoms in total. The molecule has 0 radical (unpaired) electrons. The fourth-order valence-electron chi connectivity index (χ4n) is 2.84. The molecule has 1 aromatic rings. The molecule has 0 spiro atoms. The number of hydrogen-bond donors (Lipinski definition) is 1. The minimum atomic E-state index is -0.121. The van der Waals surface area contributed by atoms with Crippen molar-refractivity contribution in [1.29, 1.82) is 5.26 Å². The van der Waals surface area contributed by atoms with E-state index >= 15 is 0 Å². The molecule has 0 aromatic carbocycles. The lowest BCUT2D eigenvalue weighted by Crippen LogP contribution is -2.30. The summed E-state index contributed by atoms with van der Waals surface area (Å²) < 4.78 is 5.58. The summed E-state index contributed by atoms with van der Waals surface area (Å²) in [6, 6.07) is 5.70. The SMILES string of the molecule is C/C(=C\N=C(CC#N)OCc1ccncc1)C(=O)NCC1CCCCC1. The van der Waals surface area contributed by atoms with Crippen LogP contribution in [0.2, 0.25) is 0 Å². The van der Waals surface area contributed by atoms with Crippen LogP contribution in [0.25, 0.3) is 0 Å². The van der Waals surface area contributed by atoms with Gasteiger partial charge in [-0.1, -0.05) is 19.3 Å². The quantitative estimate of drug-likeness (QED) is 0.461. The lowest BCUT2D eigenvalue weighted by molar-refractivity contribution is -0.117. The Bertz CT molecular complexity index is 671. The van der Waals surface area contributed by atoms with Gasteiger partial charge in [-0.25, -0.2) is 4.99 Å². The average molecular weight is 354 g/mol. The summed E-state index contributed by atoms with van der Waals surface area (Å²) in [5, 5.41) is 11.9. The third kappa shape index (κ3) is 7.06. The summed E-state index contributed by atoms with van der Waals surface area (Å²) in [5.74, 6) is 0.760. The van der Waals surface area contributed by atoms with Gasteiger partial charge in [0.2, 0.25) is 11.8 Å². The molecule has 6 heteroatoms. The van der Waals surface area contributed by atoms with E-state index in [0.29, 0.717) is 24.0 Å². The van der Waals surface area contributed by atoms with Crippen molar-refractivity contribution in [3.05, 3.63) is 41.9 Å². The van der Waals surface area contributed by atoms with Crippen LogP contribution < -0.4 is 5.32 Å². The number of aliphatic imine (C=N–C) groups is 1. The molecule has 1 amide bonds. The molecule has 26 heavy (non-hydrogen) atoms. The molecule has 1 aliphatic carbocycles. The fraction of sp³-hybridized carbons (Fsp3) is 0.500. The maximum atomic E-state index is 12.2. The number of nitrogens with zero attached hydrogens (tertiary/aromatic N) is 3. The largest absolute Gasteiger partial charge is 0.475 e. The van der Waals surface area contributed by atoms with E-state index < -0.39 is 0 Å². The number of carbonyl (C=O) groups is 1. The van der Waals surface area contributed by atoms with Crippen LogP contribution in [0.4, 0.5) is 0 Å². The van der Waals surface area contributed by atoms with Crippen molar-refractivity contribution in [2.24, 2.45) is 10.9 Å². The lowest BCUT2D eigenvalue weighted by atomic mass is 9.89. The summed E-state index contributed by atoms with van der Waals surface area (Å²) in [6.45, 7) is 2.74. The van der Waals surface area contributed by atoms with Crippen LogP contribution >= 0.6 is 0 Å². The molecule has 1 aromatic heterocycles. The number of rotatable bonds is 7. The molecular formula is C20H26N4O2. The molecule has 1 N–H and O–H groups in total. The number of hydrogen-bond acceptors (Lipinski definition) is 5. The van der Waals surface area contributed by atoms with Crippen LogP contribution in [0.3, 0.4) is 0 Å². The highest BCUT2D eigenvalue weighted by Gasteiger charge is 2.14. The molecule has 0 aliphatic heterocycles. The van der Waals surface area contributed by atoms with Crippen molar-refractivity contribution < 1.29 is 9.53 Å². The molecule has 0 unspecified atom stereocenters. The van der Waals surface area contributed by atoms with Crippen LogP contribution in [0.15, 0.2) is 41.3 Å². The Morgan fingerprint density at radius 2 is 2.12 bits per heavy atom. The maximum absolute atomic E-state index is 12.2. The molecule has 2 rings (SSSR count). The average Bonchev–Trinajstić information content (AvgIpc) is 2.69. The second-order valence-corrected chi connectivity index (χ2v) is 6.53. The summed E-state index contributed by atoms with van der Waals surface area (Å²) in [4.78, 5) is 20.3. The minimum Gasteiger partial charge on any atom is -0.475 e. The molecule has 0 bridgehead atoms. The van der Waals surface area contributed by atoms with Gasteiger partial charge in [0.25, 0.3) is 0 Å². The number of carbonyl (C=O) groups excluding carboxylic acids is 1. The third-order valence-corrected chi connectivity index (χ3v) is 4.42. The predicted molar refractivity (Wildman–Crippen MR) is 100 cm³/mol. The first-order valence-corrected chi connectivity index (χ1v) is 9.09. The Balaban J connectivity index is 1.86. The van der Waals surface area contributed by atoms with Gasteiger partial charge in [-0.05, 0) is 43.4 Å². The zero-order valence-electron chi connectivity index (χ0n) is 15.3. The van der Waals surface area contributed by atoms with Gasteiger partial charge in [0, 0.05) is 30.7 Å². The highest BCUT2D eigenvalue weighted by molar-refractivity contribution is 5.93. The Labute approximate surface area is 155 Å². The van der Waals surface area contributed by atoms with E-state index in [2.05, 4.69) is 15.3 Å². The molecule has 0 saturated heterocycles.